The van der Waals surface area contributed by atoms with Crippen LogP contribution >= 0.6 is 0 Å². The molecular weight excluding hydrogens is 170 g/mol. The van der Waals surface area contributed by atoms with Crippen molar-refractivity contribution in [2.45, 2.75) is 0 Å². The van der Waals surface area contributed by atoms with E-state index in [0.29, 0.717) is 5.69 Å². The Morgan fingerprint density at radius 2 is 2.00 bits per heavy atom. The van der Waals surface area contributed by atoms with Crippen molar-refractivity contribution in [2.24, 2.45) is 22.2 Å². The first-order valence-electron chi connectivity index (χ1n) is 3.44. The second-order valence-electron chi connectivity index (χ2n) is 2.33. The van der Waals surface area contributed by atoms with Gasteiger partial charge in [0.15, 0.2) is 5.96 Å². The predicted molar refractivity (Wildman–Crippen MR) is 48.2 cm³/mol. The number of aromatic nitrogens is 1. The molecule has 0 radical (unpaired) electrons. The third-order valence-corrected chi connectivity index (χ3v) is 1.27. The Morgan fingerprint density at radius 3 is 2.54 bits per heavy atom. The van der Waals surface area contributed by atoms with Crippen LogP contribution in [0, 0.1) is 0 Å². The number of guanidine groups is 1. The van der Waals surface area contributed by atoms with Gasteiger partial charge in [0.2, 0.25) is 5.91 Å². The summed E-state index contributed by atoms with van der Waals surface area (Å²) in [4.78, 5) is 18.2. The number of nitrogens with zero attached hydrogens (tertiary/aromatic N) is 2. The van der Waals surface area contributed by atoms with E-state index in [2.05, 4.69) is 9.98 Å². The molecule has 13 heavy (non-hydrogen) atoms. The first kappa shape index (κ1) is 8.98. The minimum absolute atomic E-state index is 0.0941. The van der Waals surface area contributed by atoms with Crippen LogP contribution in [0.15, 0.2) is 23.5 Å². The van der Waals surface area contributed by atoms with Gasteiger partial charge < -0.3 is 17.2 Å². The summed E-state index contributed by atoms with van der Waals surface area (Å²) in [7, 11) is 0. The fraction of sp³-hybridized carbons (Fsp3) is 0. The van der Waals surface area contributed by atoms with E-state index in [-0.39, 0.29) is 11.5 Å². The second-order valence-corrected chi connectivity index (χ2v) is 2.33. The maximum absolute atomic E-state index is 10.7. The summed E-state index contributed by atoms with van der Waals surface area (Å²) < 4.78 is 0. The van der Waals surface area contributed by atoms with Crippen molar-refractivity contribution in [3.8, 4) is 0 Å². The van der Waals surface area contributed by atoms with Crippen molar-refractivity contribution in [1.82, 2.24) is 4.98 Å². The molecule has 6 N–H and O–H groups in total. The van der Waals surface area contributed by atoms with Gasteiger partial charge in [0.05, 0.1) is 17.4 Å². The number of hydrogen-bond acceptors (Lipinski definition) is 3. The van der Waals surface area contributed by atoms with Crippen LogP contribution in [0.4, 0.5) is 5.69 Å². The lowest BCUT2D eigenvalue weighted by Gasteiger charge is -1.96. The van der Waals surface area contributed by atoms with Gasteiger partial charge in [-0.05, 0) is 6.07 Å². The zero-order valence-corrected chi connectivity index (χ0v) is 6.77. The molecule has 0 aromatic carbocycles. The molecule has 0 saturated heterocycles. The average molecular weight is 179 g/mol. The number of pyridine rings is 1. The summed E-state index contributed by atoms with van der Waals surface area (Å²) in [5.74, 6) is -0.663. The van der Waals surface area contributed by atoms with Crippen molar-refractivity contribution in [3.05, 3.63) is 24.0 Å². The van der Waals surface area contributed by atoms with Crippen LogP contribution < -0.4 is 17.2 Å². The van der Waals surface area contributed by atoms with Crippen molar-refractivity contribution < 1.29 is 4.79 Å². The van der Waals surface area contributed by atoms with E-state index in [9.17, 15) is 4.79 Å². The maximum Gasteiger partial charge on any atom is 0.250 e. The topological polar surface area (TPSA) is 120 Å². The van der Waals surface area contributed by atoms with Crippen LogP contribution in [0.5, 0.6) is 0 Å². The molecule has 0 bridgehead atoms. The average Bonchev–Trinajstić information content (AvgIpc) is 2.03. The quantitative estimate of drug-likeness (QED) is 0.401. The summed E-state index contributed by atoms with van der Waals surface area (Å²) >= 11 is 0. The Morgan fingerprint density at radius 1 is 1.31 bits per heavy atom. The van der Waals surface area contributed by atoms with Crippen LogP contribution in [0.3, 0.4) is 0 Å². The van der Waals surface area contributed by atoms with Gasteiger partial charge in [0, 0.05) is 6.20 Å². The molecule has 0 aliphatic heterocycles. The standard InChI is InChI=1S/C7H9N5O/c8-6(13)4-1-5(3-11-2-4)12-7(9)10/h1-3H,(H2,8,13)(H4,9,10,12). The van der Waals surface area contributed by atoms with Gasteiger partial charge in [0.1, 0.15) is 0 Å². The second kappa shape index (κ2) is 3.53. The van der Waals surface area contributed by atoms with Gasteiger partial charge in [-0.25, -0.2) is 4.99 Å². The number of carbonyl (C=O) groups is 1. The molecule has 0 fully saturated rings. The molecule has 1 amide bonds. The third-order valence-electron chi connectivity index (χ3n) is 1.27. The van der Waals surface area contributed by atoms with Gasteiger partial charge in [0.25, 0.3) is 0 Å². The van der Waals surface area contributed by atoms with Crippen molar-refractivity contribution >= 4 is 17.6 Å². The molecule has 0 spiro atoms. The van der Waals surface area contributed by atoms with Gasteiger partial charge in [-0.15, -0.1) is 0 Å². The van der Waals surface area contributed by atoms with E-state index < -0.39 is 5.91 Å². The molecule has 1 rings (SSSR count). The molecule has 0 saturated carbocycles. The van der Waals surface area contributed by atoms with E-state index in [4.69, 9.17) is 17.2 Å². The lowest BCUT2D eigenvalue weighted by atomic mass is 10.2. The predicted octanol–water partition coefficient (Wildman–Crippen LogP) is -0.915. The molecule has 1 aromatic rings. The normalized spacial score (nSPS) is 9.23. The first-order chi connectivity index (χ1) is 6.09. The highest BCUT2D eigenvalue weighted by Crippen LogP contribution is 2.10. The van der Waals surface area contributed by atoms with Crippen LogP contribution in [0.2, 0.25) is 0 Å². The zero-order valence-electron chi connectivity index (χ0n) is 6.77. The van der Waals surface area contributed by atoms with Crippen molar-refractivity contribution in [3.63, 3.8) is 0 Å². The van der Waals surface area contributed by atoms with Crippen LogP contribution in [0.1, 0.15) is 10.4 Å². The molecule has 0 unspecified atom stereocenters. The van der Waals surface area contributed by atoms with E-state index in [1.165, 1.54) is 18.5 Å². The largest absolute Gasteiger partial charge is 0.370 e. The Hall–Kier alpha value is -2.11. The molecule has 1 aromatic heterocycles. The number of nitrogens with two attached hydrogens (primary N) is 3. The number of primary amides is 1. The van der Waals surface area contributed by atoms with Gasteiger partial charge in [-0.3, -0.25) is 9.78 Å². The highest BCUT2D eigenvalue weighted by atomic mass is 16.1. The Balaban J connectivity index is 3.06. The maximum atomic E-state index is 10.7. The minimum Gasteiger partial charge on any atom is -0.370 e. The fourth-order valence-electron chi connectivity index (χ4n) is 0.773. The zero-order chi connectivity index (χ0) is 9.84. The van der Waals surface area contributed by atoms with Crippen LogP contribution in [-0.4, -0.2) is 16.9 Å². The number of rotatable bonds is 2. The summed E-state index contributed by atoms with van der Waals surface area (Å²) in [6.45, 7) is 0. The van der Waals surface area contributed by atoms with Crippen LogP contribution in [-0.2, 0) is 0 Å². The SMILES string of the molecule is NC(=O)c1cncc(N=C(N)N)c1. The Kier molecular flexibility index (Phi) is 2.44. The number of aliphatic imine (C=N–C) groups is 1. The minimum atomic E-state index is -0.569. The van der Waals surface area contributed by atoms with E-state index >= 15 is 0 Å². The van der Waals surface area contributed by atoms with Gasteiger partial charge >= 0.3 is 0 Å². The van der Waals surface area contributed by atoms with Crippen molar-refractivity contribution in [2.75, 3.05) is 0 Å². The molecule has 1 heterocycles. The molecule has 6 nitrogen and oxygen atoms in total. The van der Waals surface area contributed by atoms with E-state index in [1.54, 1.807) is 0 Å². The summed E-state index contributed by atoms with van der Waals surface area (Å²) in [5, 5.41) is 0. The molecule has 0 atom stereocenters. The van der Waals surface area contributed by atoms with Crippen molar-refractivity contribution in [1.29, 1.82) is 0 Å². The lowest BCUT2D eigenvalue weighted by molar-refractivity contribution is 0.1000. The smallest absolute Gasteiger partial charge is 0.250 e. The van der Waals surface area contributed by atoms with Gasteiger partial charge in [-0.2, -0.15) is 0 Å². The Bertz CT molecular complexity index is 356. The summed E-state index contributed by atoms with van der Waals surface area (Å²) in [6.07, 6.45) is 2.76. The summed E-state index contributed by atoms with van der Waals surface area (Å²) in [6, 6.07) is 1.45. The molecular formula is C7H9N5O. The first-order valence-corrected chi connectivity index (χ1v) is 3.44. The van der Waals surface area contributed by atoms with E-state index in [0.717, 1.165) is 0 Å². The fourth-order valence-corrected chi connectivity index (χ4v) is 0.773. The molecule has 0 aliphatic rings. The highest BCUT2D eigenvalue weighted by Gasteiger charge is 2.00. The summed E-state index contributed by atoms with van der Waals surface area (Å²) in [5.41, 5.74) is 16.0. The van der Waals surface area contributed by atoms with E-state index in [1.807, 2.05) is 0 Å². The lowest BCUT2D eigenvalue weighted by Crippen LogP contribution is -2.22. The van der Waals surface area contributed by atoms with Crippen LogP contribution in [0.25, 0.3) is 0 Å². The molecule has 68 valence electrons. The Labute approximate surface area is 74.5 Å². The molecule has 0 aliphatic carbocycles. The monoisotopic (exact) mass is 179 g/mol. The highest BCUT2D eigenvalue weighted by molar-refractivity contribution is 5.93. The number of carbonyl (C=O) groups excluding carboxylic acids is 1. The third kappa shape index (κ3) is 2.44. The molecule has 6 heteroatoms. The van der Waals surface area contributed by atoms with Gasteiger partial charge in [-0.1, -0.05) is 0 Å². The number of amides is 1. The number of hydrogen-bond donors (Lipinski definition) is 3.